The van der Waals surface area contributed by atoms with Crippen molar-refractivity contribution >= 4 is 23.3 Å². The normalized spacial score (nSPS) is 12.1. The molecule has 1 unspecified atom stereocenters. The lowest BCUT2D eigenvalue weighted by Crippen LogP contribution is -2.17. The van der Waals surface area contributed by atoms with Crippen LogP contribution < -0.4 is 0 Å². The summed E-state index contributed by atoms with van der Waals surface area (Å²) < 4.78 is 0. The van der Waals surface area contributed by atoms with Gasteiger partial charge in [-0.05, 0) is 18.9 Å². The maximum Gasteiger partial charge on any atom is 0.306 e. The number of hydrogen-bond donors (Lipinski definition) is 1. The molecule has 0 fully saturated rings. The van der Waals surface area contributed by atoms with Crippen molar-refractivity contribution in [3.05, 3.63) is 38.9 Å². The summed E-state index contributed by atoms with van der Waals surface area (Å²) in [5.41, 5.74) is 0.176. The second kappa shape index (κ2) is 6.35. The van der Waals surface area contributed by atoms with Gasteiger partial charge in [0, 0.05) is 11.6 Å². The fourth-order valence-corrected chi connectivity index (χ4v) is 2.07. The predicted octanol–water partition coefficient (Wildman–Crippen LogP) is 3.29. The highest BCUT2D eigenvalue weighted by molar-refractivity contribution is 6.31. The van der Waals surface area contributed by atoms with Crippen LogP contribution in [0.4, 0.5) is 5.69 Å². The zero-order chi connectivity index (χ0) is 13.7. The van der Waals surface area contributed by atoms with Crippen molar-refractivity contribution in [2.45, 2.75) is 26.2 Å². The first-order valence-corrected chi connectivity index (χ1v) is 5.99. The molecule has 1 rings (SSSR count). The molecule has 0 spiro atoms. The summed E-state index contributed by atoms with van der Waals surface area (Å²) in [6.07, 6.45) is 1.26. The molecule has 0 aliphatic heterocycles. The Morgan fingerprint density at radius 2 is 2.22 bits per heavy atom. The molecule has 1 aromatic rings. The van der Waals surface area contributed by atoms with E-state index in [0.717, 1.165) is 0 Å². The van der Waals surface area contributed by atoms with Crippen molar-refractivity contribution in [3.8, 4) is 0 Å². The highest BCUT2D eigenvalue weighted by Crippen LogP contribution is 2.29. The fourth-order valence-electron chi connectivity index (χ4n) is 1.83. The number of hydrogen-bond acceptors (Lipinski definition) is 3. The minimum Gasteiger partial charge on any atom is -0.481 e. The van der Waals surface area contributed by atoms with Gasteiger partial charge >= 0.3 is 5.97 Å². The third-order valence-corrected chi connectivity index (χ3v) is 3.08. The van der Waals surface area contributed by atoms with Gasteiger partial charge in [0.25, 0.3) is 5.69 Å². The Morgan fingerprint density at radius 1 is 1.56 bits per heavy atom. The van der Waals surface area contributed by atoms with Gasteiger partial charge in [-0.25, -0.2) is 0 Å². The lowest BCUT2D eigenvalue weighted by Gasteiger charge is -2.12. The number of halogens is 1. The molecule has 6 heteroatoms. The lowest BCUT2D eigenvalue weighted by molar-refractivity contribution is -0.385. The molecular weight excluding hydrogens is 258 g/mol. The minimum absolute atomic E-state index is 0.0825. The van der Waals surface area contributed by atoms with Gasteiger partial charge < -0.3 is 5.11 Å². The zero-order valence-corrected chi connectivity index (χ0v) is 10.7. The summed E-state index contributed by atoms with van der Waals surface area (Å²) >= 11 is 5.93. The third-order valence-electron chi connectivity index (χ3n) is 2.73. The van der Waals surface area contributed by atoms with E-state index >= 15 is 0 Å². The van der Waals surface area contributed by atoms with E-state index < -0.39 is 16.8 Å². The number of nitro benzene ring substituents is 1. The molecule has 0 bridgehead atoms. The molecule has 1 N–H and O–H groups in total. The molecule has 5 nitrogen and oxygen atoms in total. The molecule has 1 atom stereocenters. The van der Waals surface area contributed by atoms with Crippen LogP contribution in [0.2, 0.25) is 5.02 Å². The largest absolute Gasteiger partial charge is 0.481 e. The average molecular weight is 272 g/mol. The Morgan fingerprint density at radius 3 is 2.72 bits per heavy atom. The van der Waals surface area contributed by atoms with Crippen LogP contribution in [0, 0.1) is 16.0 Å². The van der Waals surface area contributed by atoms with E-state index in [-0.39, 0.29) is 17.1 Å². The topological polar surface area (TPSA) is 80.4 Å². The van der Waals surface area contributed by atoms with E-state index in [0.29, 0.717) is 18.4 Å². The molecule has 0 heterocycles. The first-order chi connectivity index (χ1) is 8.47. The number of carboxylic acids is 1. The fraction of sp³-hybridized carbons (Fsp3) is 0.417. The summed E-state index contributed by atoms with van der Waals surface area (Å²) in [6, 6.07) is 4.36. The first-order valence-electron chi connectivity index (χ1n) is 5.62. The number of benzene rings is 1. The maximum absolute atomic E-state index is 11.1. The van der Waals surface area contributed by atoms with Crippen molar-refractivity contribution in [2.75, 3.05) is 0 Å². The van der Waals surface area contributed by atoms with Crippen LogP contribution in [0.5, 0.6) is 0 Å². The molecule has 18 heavy (non-hydrogen) atoms. The monoisotopic (exact) mass is 271 g/mol. The maximum atomic E-state index is 11.1. The van der Waals surface area contributed by atoms with E-state index in [1.807, 2.05) is 6.92 Å². The van der Waals surface area contributed by atoms with Crippen molar-refractivity contribution in [2.24, 2.45) is 5.92 Å². The highest BCUT2D eigenvalue weighted by Gasteiger charge is 2.24. The van der Waals surface area contributed by atoms with Crippen LogP contribution in [0.3, 0.4) is 0 Å². The molecule has 0 saturated carbocycles. The van der Waals surface area contributed by atoms with Crippen molar-refractivity contribution in [3.63, 3.8) is 0 Å². The van der Waals surface area contributed by atoms with Gasteiger partial charge in [0.05, 0.1) is 15.9 Å². The number of aliphatic carboxylic acids is 1. The molecule has 98 valence electrons. The van der Waals surface area contributed by atoms with Gasteiger partial charge in [-0.2, -0.15) is 0 Å². The Labute approximate surface area is 110 Å². The number of rotatable bonds is 6. The number of nitrogens with zero attached hydrogens (tertiary/aromatic N) is 1. The van der Waals surface area contributed by atoms with E-state index in [2.05, 4.69) is 0 Å². The van der Waals surface area contributed by atoms with Gasteiger partial charge in [-0.1, -0.05) is 31.0 Å². The molecule has 0 aliphatic rings. The summed E-state index contributed by atoms with van der Waals surface area (Å²) in [7, 11) is 0. The van der Waals surface area contributed by atoms with Gasteiger partial charge in [0.15, 0.2) is 0 Å². The van der Waals surface area contributed by atoms with E-state index in [1.165, 1.54) is 18.2 Å². The molecular formula is C12H14ClNO4. The smallest absolute Gasteiger partial charge is 0.306 e. The van der Waals surface area contributed by atoms with Gasteiger partial charge in [0.2, 0.25) is 0 Å². The highest BCUT2D eigenvalue weighted by atomic mass is 35.5. The molecule has 0 amide bonds. The summed E-state index contributed by atoms with van der Waals surface area (Å²) in [5, 5.41) is 20.2. The summed E-state index contributed by atoms with van der Waals surface area (Å²) in [5.74, 6) is -1.60. The lowest BCUT2D eigenvalue weighted by atomic mass is 9.94. The molecule has 1 aromatic carbocycles. The Kier molecular flexibility index (Phi) is 5.09. The van der Waals surface area contributed by atoms with Crippen LogP contribution in [-0.2, 0) is 11.2 Å². The summed E-state index contributed by atoms with van der Waals surface area (Å²) in [4.78, 5) is 21.4. The first kappa shape index (κ1) is 14.4. The number of carbonyl (C=O) groups is 1. The quantitative estimate of drug-likeness (QED) is 0.636. The molecule has 0 saturated heterocycles. The van der Waals surface area contributed by atoms with Crippen LogP contribution in [0.25, 0.3) is 0 Å². The Bertz CT molecular complexity index is 461. The zero-order valence-electron chi connectivity index (χ0n) is 9.93. The molecule has 0 aliphatic carbocycles. The van der Waals surface area contributed by atoms with Gasteiger partial charge in [-0.3, -0.25) is 14.9 Å². The minimum atomic E-state index is -0.953. The van der Waals surface area contributed by atoms with Crippen molar-refractivity contribution in [1.82, 2.24) is 0 Å². The van der Waals surface area contributed by atoms with E-state index in [1.54, 1.807) is 0 Å². The standard InChI is InChI=1S/C12H14ClNO4/c1-2-4-8(12(15)16)7-9-10(13)5-3-6-11(9)14(17)18/h3,5-6,8H,2,4,7H2,1H3,(H,15,16). The SMILES string of the molecule is CCCC(Cc1c(Cl)cccc1[N+](=O)[O-])C(=O)O. The summed E-state index contributed by atoms with van der Waals surface area (Å²) in [6.45, 7) is 1.87. The second-order valence-electron chi connectivity index (χ2n) is 4.02. The Hall–Kier alpha value is -1.62. The second-order valence-corrected chi connectivity index (χ2v) is 4.43. The van der Waals surface area contributed by atoms with Gasteiger partial charge in [-0.15, -0.1) is 0 Å². The molecule has 0 radical (unpaired) electrons. The van der Waals surface area contributed by atoms with E-state index in [9.17, 15) is 14.9 Å². The van der Waals surface area contributed by atoms with Crippen LogP contribution in [0.1, 0.15) is 25.3 Å². The van der Waals surface area contributed by atoms with Crippen LogP contribution >= 0.6 is 11.6 Å². The average Bonchev–Trinajstić information content (AvgIpc) is 2.30. The predicted molar refractivity (Wildman–Crippen MR) is 67.8 cm³/mol. The van der Waals surface area contributed by atoms with Crippen molar-refractivity contribution in [1.29, 1.82) is 0 Å². The van der Waals surface area contributed by atoms with Crippen molar-refractivity contribution < 1.29 is 14.8 Å². The number of nitro groups is 1. The van der Waals surface area contributed by atoms with Crippen LogP contribution in [0.15, 0.2) is 18.2 Å². The third kappa shape index (κ3) is 3.43. The van der Waals surface area contributed by atoms with E-state index in [4.69, 9.17) is 16.7 Å². The van der Waals surface area contributed by atoms with Gasteiger partial charge in [0.1, 0.15) is 0 Å². The Balaban J connectivity index is 3.08. The molecule has 0 aromatic heterocycles. The number of carboxylic acid groups (broad SMARTS) is 1. The van der Waals surface area contributed by atoms with Crippen LogP contribution in [-0.4, -0.2) is 16.0 Å².